The van der Waals surface area contributed by atoms with Crippen molar-refractivity contribution in [2.45, 2.75) is 46.3 Å². The van der Waals surface area contributed by atoms with Gasteiger partial charge in [0.05, 0.1) is 34.7 Å². The highest BCUT2D eigenvalue weighted by Gasteiger charge is 2.51. The number of oxazole rings is 2. The van der Waals surface area contributed by atoms with Crippen LogP contribution in [0, 0.1) is 0 Å². The van der Waals surface area contributed by atoms with Gasteiger partial charge in [0.2, 0.25) is 11.8 Å². The molecule has 8 nitrogen and oxygen atoms in total. The van der Waals surface area contributed by atoms with E-state index in [4.69, 9.17) is 27.3 Å². The maximum absolute atomic E-state index is 8.00. The molecule has 0 aromatic carbocycles. The smallest absolute Gasteiger partial charge is 0.444 e. The zero-order valence-corrected chi connectivity index (χ0v) is 20.5. The molecule has 0 radical (unpaired) electrons. The van der Waals surface area contributed by atoms with Crippen LogP contribution in [0.1, 0.15) is 35.1 Å². The van der Waals surface area contributed by atoms with Gasteiger partial charge in [-0.25, -0.2) is 9.97 Å². The van der Waals surface area contributed by atoms with Crippen LogP contribution in [0.4, 0.5) is 9.15 Å². The number of nitrogens with zero attached hydrogens (tertiary/aromatic N) is 4. The molecule has 0 atom stereocenters. The van der Waals surface area contributed by atoms with E-state index in [1.165, 1.54) is 12.5 Å². The lowest BCUT2D eigenvalue weighted by Gasteiger charge is -2.32. The van der Waals surface area contributed by atoms with Crippen molar-refractivity contribution in [3.63, 3.8) is 0 Å². The van der Waals surface area contributed by atoms with Crippen molar-refractivity contribution < 1.29 is 27.3 Å². The standard InChI is InChI=1S/C14H17BN2O3.C8H5BrN2O.CH4.F2/c1-13(2)14(3,4)20-15(19-13)11-7-10(8-16-9-11)12-17-5-6-18-12;9-7-3-6(4-10-5-7)8-11-1-2-12-8;;1-2/h5-9H,1-4H3;1-5H;1H4;. The SMILES string of the molecule is Brc1cncc(-c2ncco2)c1.C.CC1(C)OB(c2cncc(-c3ncco3)c2)OC1(C)C.FF. The Morgan fingerprint density at radius 3 is 1.71 bits per heavy atom. The number of aromatic nitrogens is 4. The Morgan fingerprint density at radius 2 is 1.26 bits per heavy atom. The van der Waals surface area contributed by atoms with Gasteiger partial charge in [0.1, 0.15) is 12.5 Å². The van der Waals surface area contributed by atoms with Crippen LogP contribution in [0.15, 0.2) is 75.1 Å². The lowest BCUT2D eigenvalue weighted by atomic mass is 9.80. The molecular formula is C23H26BBrF2N4O4. The van der Waals surface area contributed by atoms with E-state index in [-0.39, 0.29) is 18.6 Å². The van der Waals surface area contributed by atoms with Crippen LogP contribution in [0.25, 0.3) is 22.9 Å². The maximum Gasteiger partial charge on any atom is 0.496 e. The average Bonchev–Trinajstić information content (AvgIpc) is 3.58. The van der Waals surface area contributed by atoms with Gasteiger partial charge in [-0.1, -0.05) is 7.43 Å². The normalized spacial score (nSPS) is 15.2. The highest BCUT2D eigenvalue weighted by molar-refractivity contribution is 9.10. The number of pyridine rings is 2. The second-order valence-electron chi connectivity index (χ2n) is 8.16. The first-order valence-corrected chi connectivity index (χ1v) is 10.9. The quantitative estimate of drug-likeness (QED) is 0.286. The molecule has 0 aliphatic carbocycles. The van der Waals surface area contributed by atoms with E-state index in [9.17, 15) is 0 Å². The zero-order valence-electron chi connectivity index (χ0n) is 18.9. The molecule has 0 unspecified atom stereocenters. The summed E-state index contributed by atoms with van der Waals surface area (Å²) in [7, 11) is -0.428. The highest BCUT2D eigenvalue weighted by atomic mass is 79.9. The van der Waals surface area contributed by atoms with Crippen LogP contribution in [-0.4, -0.2) is 38.3 Å². The van der Waals surface area contributed by atoms with E-state index in [0.29, 0.717) is 11.8 Å². The van der Waals surface area contributed by atoms with E-state index in [0.717, 1.165) is 21.1 Å². The summed E-state index contributed by atoms with van der Waals surface area (Å²) >= 11 is 3.32. The first kappa shape index (κ1) is 28.3. The summed E-state index contributed by atoms with van der Waals surface area (Å²) in [4.78, 5) is 16.3. The molecule has 1 fully saturated rings. The van der Waals surface area contributed by atoms with Gasteiger partial charge >= 0.3 is 7.12 Å². The van der Waals surface area contributed by atoms with Crippen molar-refractivity contribution in [3.8, 4) is 22.9 Å². The third-order valence-corrected chi connectivity index (χ3v) is 5.78. The number of halogens is 3. The van der Waals surface area contributed by atoms with Crippen LogP contribution in [0.3, 0.4) is 0 Å². The molecule has 0 N–H and O–H groups in total. The minimum atomic E-state index is -0.428. The summed E-state index contributed by atoms with van der Waals surface area (Å²) in [5.41, 5.74) is 1.81. The largest absolute Gasteiger partial charge is 0.496 e. The van der Waals surface area contributed by atoms with Crippen molar-refractivity contribution in [2.75, 3.05) is 0 Å². The zero-order chi connectivity index (χ0) is 24.8. The minimum Gasteiger partial charge on any atom is -0.444 e. The first-order chi connectivity index (χ1) is 16.2. The predicted molar refractivity (Wildman–Crippen MR) is 132 cm³/mol. The molecule has 186 valence electrons. The van der Waals surface area contributed by atoms with Crippen molar-refractivity contribution in [2.24, 2.45) is 0 Å². The number of hydrogen-bond donors (Lipinski definition) is 0. The van der Waals surface area contributed by atoms with Gasteiger partial charge in [0.25, 0.3) is 0 Å². The fraction of sp³-hybridized carbons (Fsp3) is 0.304. The van der Waals surface area contributed by atoms with Crippen molar-refractivity contribution in [1.29, 1.82) is 0 Å². The van der Waals surface area contributed by atoms with Gasteiger partial charge < -0.3 is 18.1 Å². The predicted octanol–water partition coefficient (Wildman–Crippen LogP) is 6.01. The summed E-state index contributed by atoms with van der Waals surface area (Å²) in [6.07, 6.45) is 13.2. The Morgan fingerprint density at radius 1 is 0.771 bits per heavy atom. The number of hydrogen-bond acceptors (Lipinski definition) is 8. The second kappa shape index (κ2) is 12.1. The molecule has 0 amide bonds. The van der Waals surface area contributed by atoms with E-state index < -0.39 is 7.12 Å². The van der Waals surface area contributed by atoms with E-state index in [1.54, 1.807) is 37.2 Å². The molecule has 4 aromatic rings. The Balaban J connectivity index is 0.000000247. The number of rotatable bonds is 3. The summed E-state index contributed by atoms with van der Waals surface area (Å²) in [5.74, 6) is 1.12. The summed E-state index contributed by atoms with van der Waals surface area (Å²) in [5, 5.41) is 0. The molecule has 0 saturated carbocycles. The van der Waals surface area contributed by atoms with E-state index in [2.05, 4.69) is 35.9 Å². The van der Waals surface area contributed by atoms with Gasteiger partial charge in [-0.15, -0.1) is 0 Å². The molecular weight excluding hydrogens is 525 g/mol. The molecule has 0 bridgehead atoms. The van der Waals surface area contributed by atoms with E-state index >= 15 is 0 Å². The fourth-order valence-corrected chi connectivity index (χ4v) is 3.31. The minimum absolute atomic E-state index is 0. The lowest BCUT2D eigenvalue weighted by molar-refractivity contribution is 0.00578. The third kappa shape index (κ3) is 6.80. The van der Waals surface area contributed by atoms with Crippen LogP contribution in [-0.2, 0) is 9.31 Å². The highest BCUT2D eigenvalue weighted by Crippen LogP contribution is 2.36. The lowest BCUT2D eigenvalue weighted by Crippen LogP contribution is -2.41. The maximum atomic E-state index is 8.00. The average molecular weight is 551 g/mol. The van der Waals surface area contributed by atoms with Crippen LogP contribution >= 0.6 is 15.9 Å². The molecule has 12 heteroatoms. The Labute approximate surface area is 211 Å². The molecule has 1 aliphatic rings. The van der Waals surface area contributed by atoms with Crippen molar-refractivity contribution in [3.05, 3.63) is 66.3 Å². The van der Waals surface area contributed by atoms with Crippen molar-refractivity contribution >= 4 is 28.5 Å². The van der Waals surface area contributed by atoms with Crippen molar-refractivity contribution in [1.82, 2.24) is 19.9 Å². The molecule has 35 heavy (non-hydrogen) atoms. The van der Waals surface area contributed by atoms with Gasteiger partial charge in [-0.05, 0) is 55.8 Å². The summed E-state index contributed by atoms with van der Waals surface area (Å²) in [6, 6.07) is 3.83. The van der Waals surface area contributed by atoms with Crippen LogP contribution in [0.5, 0.6) is 0 Å². The van der Waals surface area contributed by atoms with E-state index in [1.807, 2.05) is 39.8 Å². The molecule has 1 aliphatic heterocycles. The molecule has 4 aromatic heterocycles. The molecule has 5 heterocycles. The van der Waals surface area contributed by atoms with Gasteiger partial charge in [0, 0.05) is 43.9 Å². The summed E-state index contributed by atoms with van der Waals surface area (Å²) in [6.45, 7) is 8.10. The van der Waals surface area contributed by atoms with Gasteiger partial charge in [-0.3, -0.25) is 9.97 Å². The molecule has 5 rings (SSSR count). The second-order valence-corrected chi connectivity index (χ2v) is 9.08. The topological polar surface area (TPSA) is 96.3 Å². The Bertz CT molecular complexity index is 1160. The first-order valence-electron chi connectivity index (χ1n) is 10.1. The monoisotopic (exact) mass is 550 g/mol. The fourth-order valence-electron chi connectivity index (χ4n) is 2.94. The molecule has 1 saturated heterocycles. The van der Waals surface area contributed by atoms with Gasteiger partial charge in [-0.2, -0.15) is 0 Å². The van der Waals surface area contributed by atoms with Crippen LogP contribution in [0.2, 0.25) is 0 Å². The Kier molecular flexibility index (Phi) is 9.81. The van der Waals surface area contributed by atoms with Crippen LogP contribution < -0.4 is 5.46 Å². The Hall–Kier alpha value is -2.96. The third-order valence-electron chi connectivity index (χ3n) is 5.35. The summed E-state index contributed by atoms with van der Waals surface area (Å²) < 4.78 is 39.3. The van der Waals surface area contributed by atoms with Gasteiger partial charge in [0.15, 0.2) is 0 Å². The molecule has 0 spiro atoms.